The third-order valence-corrected chi connectivity index (χ3v) is 5.26. The minimum absolute atomic E-state index is 0. The number of unbranched alkanes of at least 4 members (excludes halogenated alkanes) is 4. The van der Waals surface area contributed by atoms with Crippen molar-refractivity contribution >= 4 is 10.1 Å². The van der Waals surface area contributed by atoms with Crippen LogP contribution in [0.4, 0.5) is 0 Å². The van der Waals surface area contributed by atoms with E-state index in [-0.39, 0.29) is 36.0 Å². The van der Waals surface area contributed by atoms with Crippen molar-refractivity contribution in [2.75, 3.05) is 0 Å². The van der Waals surface area contributed by atoms with Gasteiger partial charge in [0.1, 0.15) is 15.9 Å². The molecule has 1 atom stereocenters. The fourth-order valence-corrected chi connectivity index (χ4v) is 3.41. The standard InChI is InChI=1S/C19H32O4S.Na/c1-4-7-9-12-16-14-11-15-17(13-10-8-5-2)19(16)23-18(6-3)24(20,21)22;/h11,14-15,18H,4-10,12-13H2,1-3H3,(H,20,21,22);/q;+1/p-1. The van der Waals surface area contributed by atoms with Gasteiger partial charge in [-0.15, -0.1) is 0 Å². The van der Waals surface area contributed by atoms with Crippen LogP contribution in [-0.4, -0.2) is 18.4 Å². The SMILES string of the molecule is CCCCCc1cccc(CCCCC)c1OC(CC)S(=O)(=O)[O-].[Na+]. The molecule has 1 aromatic carbocycles. The van der Waals surface area contributed by atoms with Gasteiger partial charge in [-0.25, -0.2) is 8.42 Å². The topological polar surface area (TPSA) is 66.4 Å². The second kappa shape index (κ2) is 13.2. The summed E-state index contributed by atoms with van der Waals surface area (Å²) in [6.07, 6.45) is 8.41. The molecule has 0 saturated heterocycles. The van der Waals surface area contributed by atoms with Gasteiger partial charge in [-0.1, -0.05) is 64.7 Å². The molecular formula is C19H31NaO4S. The molecular weight excluding hydrogens is 347 g/mol. The van der Waals surface area contributed by atoms with Crippen molar-refractivity contribution < 1.29 is 47.3 Å². The number of para-hydroxylation sites is 1. The van der Waals surface area contributed by atoms with E-state index in [1.807, 2.05) is 18.2 Å². The number of rotatable bonds is 12. The second-order valence-electron chi connectivity index (χ2n) is 6.27. The van der Waals surface area contributed by atoms with Crippen molar-refractivity contribution in [2.24, 2.45) is 0 Å². The van der Waals surface area contributed by atoms with E-state index in [4.69, 9.17) is 4.74 Å². The van der Waals surface area contributed by atoms with E-state index in [0.29, 0.717) is 5.75 Å². The van der Waals surface area contributed by atoms with Gasteiger partial charge >= 0.3 is 29.6 Å². The molecule has 6 heteroatoms. The summed E-state index contributed by atoms with van der Waals surface area (Å²) in [5, 5.41) is 0. The van der Waals surface area contributed by atoms with Crippen molar-refractivity contribution in [3.8, 4) is 5.75 Å². The second-order valence-corrected chi connectivity index (χ2v) is 7.78. The molecule has 0 radical (unpaired) electrons. The molecule has 0 aliphatic carbocycles. The Labute approximate surface area is 175 Å². The zero-order chi connectivity index (χ0) is 18.0. The molecule has 0 heterocycles. The van der Waals surface area contributed by atoms with Crippen molar-refractivity contribution in [1.82, 2.24) is 0 Å². The molecule has 0 fully saturated rings. The quantitative estimate of drug-likeness (QED) is 0.316. The zero-order valence-corrected chi connectivity index (χ0v) is 19.0. The van der Waals surface area contributed by atoms with Crippen LogP contribution in [0.25, 0.3) is 0 Å². The van der Waals surface area contributed by atoms with Gasteiger partial charge in [0.05, 0.1) is 0 Å². The van der Waals surface area contributed by atoms with Crippen molar-refractivity contribution in [3.05, 3.63) is 29.3 Å². The van der Waals surface area contributed by atoms with Crippen molar-refractivity contribution in [2.45, 2.75) is 84.0 Å². The van der Waals surface area contributed by atoms with Crippen LogP contribution in [-0.2, 0) is 23.0 Å². The first-order chi connectivity index (χ1) is 11.4. The number of hydrogen-bond acceptors (Lipinski definition) is 4. The van der Waals surface area contributed by atoms with Gasteiger partial charge in [0, 0.05) is 0 Å². The first-order valence-corrected chi connectivity index (χ1v) is 10.6. The number of aryl methyl sites for hydroxylation is 2. The predicted octanol–water partition coefficient (Wildman–Crippen LogP) is 1.82. The molecule has 0 bridgehead atoms. The van der Waals surface area contributed by atoms with E-state index >= 15 is 0 Å². The minimum Gasteiger partial charge on any atom is -0.745 e. The Balaban J connectivity index is 0.00000576. The monoisotopic (exact) mass is 378 g/mol. The molecule has 0 N–H and O–H groups in total. The molecule has 1 aromatic rings. The van der Waals surface area contributed by atoms with Gasteiger partial charge in [0.15, 0.2) is 5.44 Å². The van der Waals surface area contributed by atoms with Gasteiger partial charge in [-0.2, -0.15) is 0 Å². The van der Waals surface area contributed by atoms with Crippen molar-refractivity contribution in [1.29, 1.82) is 0 Å². The summed E-state index contributed by atoms with van der Waals surface area (Å²) >= 11 is 0. The maximum Gasteiger partial charge on any atom is 1.00 e. The van der Waals surface area contributed by atoms with Gasteiger partial charge < -0.3 is 9.29 Å². The molecule has 138 valence electrons. The molecule has 0 aliphatic rings. The molecule has 4 nitrogen and oxygen atoms in total. The number of ether oxygens (including phenoxy) is 1. The van der Waals surface area contributed by atoms with E-state index in [1.165, 1.54) is 0 Å². The van der Waals surface area contributed by atoms with E-state index in [9.17, 15) is 13.0 Å². The summed E-state index contributed by atoms with van der Waals surface area (Å²) in [4.78, 5) is 0. The van der Waals surface area contributed by atoms with Crippen LogP contribution >= 0.6 is 0 Å². The predicted molar refractivity (Wildman–Crippen MR) is 97.3 cm³/mol. The van der Waals surface area contributed by atoms with Crippen LogP contribution in [0.1, 0.15) is 76.8 Å². The summed E-state index contributed by atoms with van der Waals surface area (Å²) in [6, 6.07) is 5.97. The first kappa shape index (κ1) is 24.9. The normalized spacial score (nSPS) is 12.5. The Bertz CT molecular complexity index is 559. The summed E-state index contributed by atoms with van der Waals surface area (Å²) in [5.74, 6) is 0.621. The van der Waals surface area contributed by atoms with E-state index in [2.05, 4.69) is 13.8 Å². The summed E-state index contributed by atoms with van der Waals surface area (Å²) in [6.45, 7) is 5.96. The van der Waals surface area contributed by atoms with E-state index in [1.54, 1.807) is 6.92 Å². The molecule has 1 unspecified atom stereocenters. The molecule has 0 spiro atoms. The number of benzene rings is 1. The molecule has 0 aliphatic heterocycles. The third kappa shape index (κ3) is 8.91. The molecule has 0 aromatic heterocycles. The van der Waals surface area contributed by atoms with Crippen LogP contribution in [0.2, 0.25) is 0 Å². The average molecular weight is 379 g/mol. The Morgan fingerprint density at radius 1 is 0.960 bits per heavy atom. The van der Waals surface area contributed by atoms with Gasteiger partial charge in [0.2, 0.25) is 0 Å². The molecule has 1 rings (SSSR count). The summed E-state index contributed by atoms with van der Waals surface area (Å²) in [7, 11) is -4.47. The fourth-order valence-electron chi connectivity index (χ4n) is 2.79. The fraction of sp³-hybridized carbons (Fsp3) is 0.684. The maximum atomic E-state index is 11.4. The average Bonchev–Trinajstić information content (AvgIpc) is 2.53. The van der Waals surface area contributed by atoms with Crippen LogP contribution in [0.15, 0.2) is 18.2 Å². The van der Waals surface area contributed by atoms with E-state index in [0.717, 1.165) is 62.5 Å². The van der Waals surface area contributed by atoms with Crippen LogP contribution in [0.3, 0.4) is 0 Å². The maximum absolute atomic E-state index is 11.4. The van der Waals surface area contributed by atoms with Gasteiger partial charge in [0.25, 0.3) is 0 Å². The smallest absolute Gasteiger partial charge is 0.745 e. The Kier molecular flexibility index (Phi) is 13.1. The molecule has 0 saturated carbocycles. The van der Waals surface area contributed by atoms with Crippen molar-refractivity contribution in [3.63, 3.8) is 0 Å². The third-order valence-electron chi connectivity index (χ3n) is 4.18. The first-order valence-electron chi connectivity index (χ1n) is 9.16. The van der Waals surface area contributed by atoms with Crippen LogP contribution < -0.4 is 34.3 Å². The number of hydrogen-bond donors (Lipinski definition) is 0. The zero-order valence-electron chi connectivity index (χ0n) is 16.2. The minimum atomic E-state index is -4.47. The van der Waals surface area contributed by atoms with Crippen LogP contribution in [0.5, 0.6) is 5.75 Å². The molecule has 25 heavy (non-hydrogen) atoms. The largest absolute Gasteiger partial charge is 1.00 e. The Morgan fingerprint density at radius 3 is 1.80 bits per heavy atom. The van der Waals surface area contributed by atoms with Crippen LogP contribution in [0, 0.1) is 0 Å². The summed E-state index contributed by atoms with van der Waals surface area (Å²) < 4.78 is 40.0. The molecule has 0 amide bonds. The summed E-state index contributed by atoms with van der Waals surface area (Å²) in [5.41, 5.74) is 0.717. The van der Waals surface area contributed by atoms with Gasteiger partial charge in [-0.05, 0) is 43.2 Å². The van der Waals surface area contributed by atoms with E-state index < -0.39 is 15.6 Å². The van der Waals surface area contributed by atoms with Gasteiger partial charge in [-0.3, -0.25) is 0 Å². The Morgan fingerprint density at radius 2 is 1.44 bits per heavy atom. The Hall–Kier alpha value is -0.0700.